The van der Waals surface area contributed by atoms with Crippen molar-refractivity contribution in [3.63, 3.8) is 0 Å². The van der Waals surface area contributed by atoms with E-state index in [2.05, 4.69) is 25.9 Å². The van der Waals surface area contributed by atoms with E-state index >= 15 is 0 Å². The van der Waals surface area contributed by atoms with Crippen molar-refractivity contribution in [2.45, 2.75) is 18.8 Å². The van der Waals surface area contributed by atoms with Gasteiger partial charge in [0, 0.05) is 17.5 Å². The van der Waals surface area contributed by atoms with Crippen LogP contribution in [-0.2, 0) is 0 Å². The van der Waals surface area contributed by atoms with Crippen LogP contribution >= 0.6 is 27.5 Å². The van der Waals surface area contributed by atoms with Gasteiger partial charge in [0.1, 0.15) is 16.8 Å². The van der Waals surface area contributed by atoms with Gasteiger partial charge >= 0.3 is 0 Å². The van der Waals surface area contributed by atoms with Gasteiger partial charge in [-0.1, -0.05) is 17.7 Å². The third-order valence-corrected chi connectivity index (χ3v) is 3.69. The Hall–Kier alpha value is -1.00. The quantitative estimate of drug-likeness (QED) is 0.755. The number of nitrogens with zero attached hydrogens (tertiary/aromatic N) is 2. The lowest BCUT2D eigenvalue weighted by Gasteiger charge is -2.06. The topological polar surface area (TPSA) is 25.8 Å². The summed E-state index contributed by atoms with van der Waals surface area (Å²) in [5.74, 6) is 0.781. The first-order chi connectivity index (χ1) is 8.65. The third-order valence-electron chi connectivity index (χ3n) is 2.88. The molecule has 1 heterocycles. The molecular formula is C13H9BrClFN2. The number of rotatable bonds is 2. The zero-order valence-corrected chi connectivity index (χ0v) is 11.7. The molecule has 0 radical (unpaired) electrons. The summed E-state index contributed by atoms with van der Waals surface area (Å²) in [6.07, 6.45) is 2.17. The Balaban J connectivity index is 2.13. The molecule has 1 aromatic carbocycles. The van der Waals surface area contributed by atoms with Gasteiger partial charge in [-0.3, -0.25) is 0 Å². The van der Waals surface area contributed by atoms with E-state index in [9.17, 15) is 4.39 Å². The first-order valence-corrected chi connectivity index (χ1v) is 6.81. The van der Waals surface area contributed by atoms with Crippen LogP contribution in [-0.4, -0.2) is 9.97 Å². The van der Waals surface area contributed by atoms with Crippen molar-refractivity contribution in [3.8, 4) is 11.3 Å². The van der Waals surface area contributed by atoms with E-state index in [0.717, 1.165) is 18.7 Å². The molecule has 1 saturated carbocycles. The molecule has 1 fully saturated rings. The molecule has 2 nitrogen and oxygen atoms in total. The fourth-order valence-electron chi connectivity index (χ4n) is 1.80. The van der Waals surface area contributed by atoms with Crippen LogP contribution in [0.4, 0.5) is 4.39 Å². The summed E-state index contributed by atoms with van der Waals surface area (Å²) in [4.78, 5) is 8.60. The van der Waals surface area contributed by atoms with Crippen LogP contribution in [0.25, 0.3) is 11.3 Å². The van der Waals surface area contributed by atoms with E-state index in [1.807, 2.05) is 0 Å². The molecule has 0 aliphatic heterocycles. The van der Waals surface area contributed by atoms with Crippen molar-refractivity contribution >= 4 is 27.5 Å². The predicted molar refractivity (Wildman–Crippen MR) is 72.1 cm³/mol. The summed E-state index contributed by atoms with van der Waals surface area (Å²) in [7, 11) is 0. The minimum atomic E-state index is -0.325. The Kier molecular flexibility index (Phi) is 3.08. The largest absolute Gasteiger partial charge is 0.232 e. The molecule has 5 heteroatoms. The number of hydrogen-bond acceptors (Lipinski definition) is 2. The van der Waals surface area contributed by atoms with Gasteiger partial charge in [-0.05, 0) is 40.9 Å². The molecule has 0 saturated heterocycles. The van der Waals surface area contributed by atoms with Crippen LogP contribution in [0.2, 0.25) is 5.15 Å². The van der Waals surface area contributed by atoms with Gasteiger partial charge in [0.15, 0.2) is 0 Å². The van der Waals surface area contributed by atoms with Gasteiger partial charge in [-0.15, -0.1) is 0 Å². The van der Waals surface area contributed by atoms with Crippen LogP contribution < -0.4 is 0 Å². The van der Waals surface area contributed by atoms with E-state index in [4.69, 9.17) is 11.6 Å². The van der Waals surface area contributed by atoms with Crippen molar-refractivity contribution in [1.82, 2.24) is 9.97 Å². The average Bonchev–Trinajstić information content (AvgIpc) is 3.16. The Labute approximate surface area is 117 Å². The highest BCUT2D eigenvalue weighted by molar-refractivity contribution is 9.10. The molecule has 92 valence electrons. The van der Waals surface area contributed by atoms with Gasteiger partial charge in [-0.25, -0.2) is 14.4 Å². The summed E-state index contributed by atoms with van der Waals surface area (Å²) >= 11 is 9.15. The molecule has 0 amide bonds. The lowest BCUT2D eigenvalue weighted by molar-refractivity contribution is 0.624. The zero-order valence-electron chi connectivity index (χ0n) is 9.33. The van der Waals surface area contributed by atoms with Crippen molar-refractivity contribution in [3.05, 3.63) is 45.5 Å². The molecule has 1 aliphatic rings. The lowest BCUT2D eigenvalue weighted by Crippen LogP contribution is -1.97. The second-order valence-electron chi connectivity index (χ2n) is 4.31. The van der Waals surface area contributed by atoms with Crippen LogP contribution in [0, 0.1) is 5.82 Å². The minimum Gasteiger partial charge on any atom is -0.232 e. The molecule has 2 aromatic rings. The van der Waals surface area contributed by atoms with Crippen LogP contribution in [0.3, 0.4) is 0 Å². The molecule has 0 unspecified atom stereocenters. The second-order valence-corrected chi connectivity index (χ2v) is 5.55. The highest BCUT2D eigenvalue weighted by atomic mass is 79.9. The Morgan fingerprint density at radius 2 is 2.06 bits per heavy atom. The van der Waals surface area contributed by atoms with E-state index in [0.29, 0.717) is 26.8 Å². The van der Waals surface area contributed by atoms with Crippen molar-refractivity contribution < 1.29 is 4.39 Å². The van der Waals surface area contributed by atoms with Gasteiger partial charge in [-0.2, -0.15) is 0 Å². The smallest absolute Gasteiger partial charge is 0.146 e. The lowest BCUT2D eigenvalue weighted by atomic mass is 10.1. The molecule has 3 rings (SSSR count). The third kappa shape index (κ3) is 2.27. The monoisotopic (exact) mass is 326 g/mol. The predicted octanol–water partition coefficient (Wildman–Crippen LogP) is 4.58. The summed E-state index contributed by atoms with van der Waals surface area (Å²) in [5, 5.41) is 0.362. The van der Waals surface area contributed by atoms with E-state index < -0.39 is 0 Å². The van der Waals surface area contributed by atoms with Crippen LogP contribution in [0.5, 0.6) is 0 Å². The Bertz CT molecular complexity index is 614. The molecule has 1 aliphatic carbocycles. The molecule has 1 aromatic heterocycles. The zero-order chi connectivity index (χ0) is 12.7. The SMILES string of the molecule is Fc1c(Br)cccc1-c1cc(Cl)nc(C2CC2)n1. The van der Waals surface area contributed by atoms with Gasteiger partial charge in [0.25, 0.3) is 0 Å². The Morgan fingerprint density at radius 3 is 2.78 bits per heavy atom. The summed E-state index contributed by atoms with van der Waals surface area (Å²) in [6, 6.07) is 6.71. The molecule has 0 N–H and O–H groups in total. The number of halogens is 3. The fourth-order valence-corrected chi connectivity index (χ4v) is 2.36. The second kappa shape index (κ2) is 4.59. The Morgan fingerprint density at radius 1 is 1.28 bits per heavy atom. The molecular weight excluding hydrogens is 319 g/mol. The van der Waals surface area contributed by atoms with Gasteiger partial charge in [0.2, 0.25) is 0 Å². The van der Waals surface area contributed by atoms with Gasteiger partial charge in [0.05, 0.1) is 10.2 Å². The summed E-state index contributed by atoms with van der Waals surface area (Å²) in [5.41, 5.74) is 0.978. The van der Waals surface area contributed by atoms with Gasteiger partial charge < -0.3 is 0 Å². The van der Waals surface area contributed by atoms with Crippen molar-refractivity contribution in [1.29, 1.82) is 0 Å². The summed E-state index contributed by atoms with van der Waals surface area (Å²) in [6.45, 7) is 0. The maximum absolute atomic E-state index is 14.0. The van der Waals surface area contributed by atoms with E-state index in [-0.39, 0.29) is 5.82 Å². The van der Waals surface area contributed by atoms with Crippen molar-refractivity contribution in [2.24, 2.45) is 0 Å². The molecule has 0 bridgehead atoms. The highest BCUT2D eigenvalue weighted by Gasteiger charge is 2.27. The fraction of sp³-hybridized carbons (Fsp3) is 0.231. The number of hydrogen-bond donors (Lipinski definition) is 0. The molecule has 0 spiro atoms. The summed E-state index contributed by atoms with van der Waals surface area (Å²) < 4.78 is 14.4. The average molecular weight is 328 g/mol. The van der Waals surface area contributed by atoms with Crippen LogP contribution in [0.1, 0.15) is 24.6 Å². The normalized spacial score (nSPS) is 14.8. The van der Waals surface area contributed by atoms with Crippen molar-refractivity contribution in [2.75, 3.05) is 0 Å². The first-order valence-electron chi connectivity index (χ1n) is 5.64. The maximum Gasteiger partial charge on any atom is 0.146 e. The standard InChI is InChI=1S/C13H9BrClFN2/c14-9-3-1-2-8(12(9)16)10-6-11(15)18-13(17-10)7-4-5-7/h1-3,6-7H,4-5H2. The maximum atomic E-state index is 14.0. The number of aromatic nitrogens is 2. The first kappa shape index (κ1) is 12.1. The van der Waals surface area contributed by atoms with Crippen LogP contribution in [0.15, 0.2) is 28.7 Å². The highest BCUT2D eigenvalue weighted by Crippen LogP contribution is 2.39. The number of benzene rings is 1. The molecule has 0 atom stereocenters. The minimum absolute atomic E-state index is 0.325. The van der Waals surface area contributed by atoms with E-state index in [1.165, 1.54) is 0 Å². The molecule has 18 heavy (non-hydrogen) atoms. The van der Waals surface area contributed by atoms with E-state index in [1.54, 1.807) is 24.3 Å².